The van der Waals surface area contributed by atoms with E-state index in [-0.39, 0.29) is 5.56 Å². The quantitative estimate of drug-likeness (QED) is 0.880. The summed E-state index contributed by atoms with van der Waals surface area (Å²) in [6, 6.07) is 6.04. The summed E-state index contributed by atoms with van der Waals surface area (Å²) in [6.45, 7) is 7.97. The van der Waals surface area contributed by atoms with Crippen molar-refractivity contribution < 1.29 is 0 Å². The first-order valence-corrected chi connectivity index (χ1v) is 6.21. The highest BCUT2D eigenvalue weighted by Gasteiger charge is 2.10. The van der Waals surface area contributed by atoms with Crippen LogP contribution in [0.3, 0.4) is 0 Å². The lowest BCUT2D eigenvalue weighted by molar-refractivity contribution is 0.966. The Morgan fingerprint density at radius 3 is 2.56 bits per heavy atom. The van der Waals surface area contributed by atoms with Gasteiger partial charge in [0.1, 0.15) is 5.82 Å². The van der Waals surface area contributed by atoms with E-state index in [0.717, 1.165) is 22.4 Å². The highest BCUT2D eigenvalue weighted by atomic mass is 16.1. The van der Waals surface area contributed by atoms with E-state index in [0.29, 0.717) is 12.2 Å². The molecule has 2 aromatic rings. The molecule has 2 rings (SSSR count). The molecule has 0 aliphatic carbocycles. The molecule has 0 aliphatic rings. The van der Waals surface area contributed by atoms with E-state index in [4.69, 9.17) is 0 Å². The van der Waals surface area contributed by atoms with Crippen LogP contribution < -0.4 is 5.56 Å². The van der Waals surface area contributed by atoms with Crippen molar-refractivity contribution in [3.05, 3.63) is 50.9 Å². The molecule has 3 nitrogen and oxygen atoms in total. The number of hydrogen-bond acceptors (Lipinski definition) is 2. The average molecular weight is 242 g/mol. The van der Waals surface area contributed by atoms with Gasteiger partial charge in [0.2, 0.25) is 0 Å². The van der Waals surface area contributed by atoms with Crippen molar-refractivity contribution >= 4 is 0 Å². The molecule has 0 bridgehead atoms. The molecule has 0 amide bonds. The molecule has 0 aliphatic heterocycles. The highest BCUT2D eigenvalue weighted by Crippen LogP contribution is 2.21. The van der Waals surface area contributed by atoms with Crippen LogP contribution in [0.4, 0.5) is 0 Å². The zero-order chi connectivity index (χ0) is 13.3. The van der Waals surface area contributed by atoms with Gasteiger partial charge in [0, 0.05) is 16.8 Å². The second-order valence-electron chi connectivity index (χ2n) is 4.58. The van der Waals surface area contributed by atoms with Gasteiger partial charge in [-0.25, -0.2) is 4.98 Å². The molecule has 0 saturated heterocycles. The molecule has 18 heavy (non-hydrogen) atoms. The van der Waals surface area contributed by atoms with E-state index in [2.05, 4.69) is 23.0 Å². The number of nitrogens with one attached hydrogen (secondary N) is 1. The van der Waals surface area contributed by atoms with Gasteiger partial charge in [0.15, 0.2) is 0 Å². The van der Waals surface area contributed by atoms with Crippen molar-refractivity contribution in [3.8, 4) is 11.4 Å². The standard InChI is InChI=1S/C15H18N2O/c1-5-12-11(4)16-14(17-15(12)18)13-8-6-7-9(2)10(13)3/h6-8H,5H2,1-4H3,(H,16,17,18). The maximum atomic E-state index is 12.0. The smallest absolute Gasteiger partial charge is 0.254 e. The van der Waals surface area contributed by atoms with Crippen LogP contribution in [-0.4, -0.2) is 9.97 Å². The molecule has 0 fully saturated rings. The fraction of sp³-hybridized carbons (Fsp3) is 0.333. The predicted octanol–water partition coefficient (Wildman–Crippen LogP) is 2.92. The Bertz CT molecular complexity index is 641. The molecular weight excluding hydrogens is 224 g/mol. The monoisotopic (exact) mass is 242 g/mol. The average Bonchev–Trinajstić information content (AvgIpc) is 2.32. The minimum Gasteiger partial charge on any atom is -0.306 e. The number of nitrogens with zero attached hydrogens (tertiary/aromatic N) is 1. The van der Waals surface area contributed by atoms with Gasteiger partial charge in [0.25, 0.3) is 5.56 Å². The number of hydrogen-bond donors (Lipinski definition) is 1. The Kier molecular flexibility index (Phi) is 3.32. The molecular formula is C15H18N2O. The summed E-state index contributed by atoms with van der Waals surface area (Å²) in [5.74, 6) is 0.663. The Morgan fingerprint density at radius 2 is 1.94 bits per heavy atom. The molecule has 3 heteroatoms. The second kappa shape index (κ2) is 4.77. The van der Waals surface area contributed by atoms with Gasteiger partial charge in [-0.05, 0) is 38.3 Å². The first-order valence-electron chi connectivity index (χ1n) is 6.21. The molecule has 1 aromatic carbocycles. The van der Waals surface area contributed by atoms with Crippen molar-refractivity contribution in [2.75, 3.05) is 0 Å². The third-order valence-corrected chi connectivity index (χ3v) is 3.44. The molecule has 0 spiro atoms. The minimum absolute atomic E-state index is 0.0269. The van der Waals surface area contributed by atoms with Crippen molar-refractivity contribution in [1.29, 1.82) is 0 Å². The summed E-state index contributed by atoms with van der Waals surface area (Å²) in [5.41, 5.74) is 4.91. The summed E-state index contributed by atoms with van der Waals surface area (Å²) in [7, 11) is 0. The number of aromatic nitrogens is 2. The summed E-state index contributed by atoms with van der Waals surface area (Å²) in [4.78, 5) is 19.4. The van der Waals surface area contributed by atoms with Gasteiger partial charge < -0.3 is 4.98 Å². The lowest BCUT2D eigenvalue weighted by atomic mass is 10.0. The maximum Gasteiger partial charge on any atom is 0.254 e. The molecule has 0 radical (unpaired) electrons. The first-order chi connectivity index (χ1) is 8.54. The Labute approximate surface area is 107 Å². The molecule has 94 valence electrons. The number of aryl methyl sites for hydroxylation is 2. The van der Waals surface area contributed by atoms with E-state index in [1.165, 1.54) is 5.56 Å². The van der Waals surface area contributed by atoms with Gasteiger partial charge in [0.05, 0.1) is 0 Å². The van der Waals surface area contributed by atoms with Crippen molar-refractivity contribution in [2.24, 2.45) is 0 Å². The largest absolute Gasteiger partial charge is 0.306 e. The fourth-order valence-corrected chi connectivity index (χ4v) is 2.16. The third kappa shape index (κ3) is 2.08. The molecule has 0 atom stereocenters. The second-order valence-corrected chi connectivity index (χ2v) is 4.58. The van der Waals surface area contributed by atoms with Crippen LogP contribution in [0.5, 0.6) is 0 Å². The zero-order valence-corrected chi connectivity index (χ0v) is 11.3. The number of aromatic amines is 1. The van der Waals surface area contributed by atoms with Crippen LogP contribution in [0, 0.1) is 20.8 Å². The van der Waals surface area contributed by atoms with Crippen molar-refractivity contribution in [2.45, 2.75) is 34.1 Å². The van der Waals surface area contributed by atoms with Crippen molar-refractivity contribution in [3.63, 3.8) is 0 Å². The SMILES string of the molecule is CCc1c(C)nc(-c2cccc(C)c2C)[nH]c1=O. The minimum atomic E-state index is -0.0269. The number of rotatable bonds is 2. The zero-order valence-electron chi connectivity index (χ0n) is 11.3. The van der Waals surface area contributed by atoms with E-state index in [1.54, 1.807) is 0 Å². The lowest BCUT2D eigenvalue weighted by Gasteiger charge is -2.09. The molecule has 1 N–H and O–H groups in total. The lowest BCUT2D eigenvalue weighted by Crippen LogP contribution is -2.17. The Hall–Kier alpha value is -1.90. The van der Waals surface area contributed by atoms with Crippen molar-refractivity contribution in [1.82, 2.24) is 9.97 Å². The molecule has 1 heterocycles. The van der Waals surface area contributed by atoms with Gasteiger partial charge in [-0.2, -0.15) is 0 Å². The molecule has 0 unspecified atom stereocenters. The third-order valence-electron chi connectivity index (χ3n) is 3.44. The summed E-state index contributed by atoms with van der Waals surface area (Å²) in [6.07, 6.45) is 0.710. The van der Waals surface area contributed by atoms with Gasteiger partial charge in [-0.15, -0.1) is 0 Å². The van der Waals surface area contributed by atoms with E-state index >= 15 is 0 Å². The fourth-order valence-electron chi connectivity index (χ4n) is 2.16. The van der Waals surface area contributed by atoms with Gasteiger partial charge >= 0.3 is 0 Å². The highest BCUT2D eigenvalue weighted by molar-refractivity contribution is 5.61. The first kappa shape index (κ1) is 12.6. The van der Waals surface area contributed by atoms with Crippen LogP contribution in [0.1, 0.15) is 29.3 Å². The van der Waals surface area contributed by atoms with Crippen LogP contribution >= 0.6 is 0 Å². The van der Waals surface area contributed by atoms with Crippen LogP contribution in [0.25, 0.3) is 11.4 Å². The van der Waals surface area contributed by atoms with E-state index in [1.807, 2.05) is 32.9 Å². The van der Waals surface area contributed by atoms with Crippen LogP contribution in [0.2, 0.25) is 0 Å². The Morgan fingerprint density at radius 1 is 1.22 bits per heavy atom. The summed E-state index contributed by atoms with van der Waals surface area (Å²) in [5, 5.41) is 0. The summed E-state index contributed by atoms with van der Waals surface area (Å²) < 4.78 is 0. The normalized spacial score (nSPS) is 10.7. The van der Waals surface area contributed by atoms with Crippen LogP contribution in [-0.2, 0) is 6.42 Å². The topological polar surface area (TPSA) is 45.8 Å². The van der Waals surface area contributed by atoms with Crippen LogP contribution in [0.15, 0.2) is 23.0 Å². The van der Waals surface area contributed by atoms with Gasteiger partial charge in [-0.3, -0.25) is 4.79 Å². The Balaban J connectivity index is 2.66. The molecule has 0 saturated carbocycles. The predicted molar refractivity (Wildman–Crippen MR) is 73.9 cm³/mol. The number of benzene rings is 1. The maximum absolute atomic E-state index is 12.0. The van der Waals surface area contributed by atoms with Gasteiger partial charge in [-0.1, -0.05) is 25.1 Å². The summed E-state index contributed by atoms with van der Waals surface area (Å²) >= 11 is 0. The molecule has 1 aromatic heterocycles. The van der Waals surface area contributed by atoms with E-state index < -0.39 is 0 Å². The van der Waals surface area contributed by atoms with E-state index in [9.17, 15) is 4.79 Å². The number of H-pyrrole nitrogens is 1.